The molecule has 0 saturated carbocycles. The van der Waals surface area contributed by atoms with Crippen molar-refractivity contribution in [1.82, 2.24) is 4.90 Å². The topological polar surface area (TPSA) is 29.3 Å². The average molecular weight is 287 g/mol. The van der Waals surface area contributed by atoms with Crippen molar-refractivity contribution in [2.75, 3.05) is 18.8 Å². The first kappa shape index (κ1) is 14.0. The third kappa shape index (κ3) is 3.31. The van der Waals surface area contributed by atoms with Gasteiger partial charge < -0.3 is 5.73 Å². The summed E-state index contributed by atoms with van der Waals surface area (Å²) in [6.07, 6.45) is 2.55. The van der Waals surface area contributed by atoms with Gasteiger partial charge in [0.05, 0.1) is 15.7 Å². The largest absolute Gasteiger partial charge is 0.396 e. The first-order valence-electron chi connectivity index (χ1n) is 6.33. The number of hydrogen-bond donors (Lipinski definition) is 1. The molecule has 1 aliphatic rings. The van der Waals surface area contributed by atoms with Gasteiger partial charge in [0.15, 0.2) is 0 Å². The minimum absolute atomic E-state index is 0.402. The van der Waals surface area contributed by atoms with Crippen molar-refractivity contribution in [2.45, 2.75) is 33.2 Å². The molecule has 0 aliphatic carbocycles. The third-order valence-corrected chi connectivity index (χ3v) is 4.15. The van der Waals surface area contributed by atoms with E-state index < -0.39 is 0 Å². The zero-order valence-electron chi connectivity index (χ0n) is 11.0. The number of likely N-dealkylation sites (tertiary alicyclic amines) is 1. The van der Waals surface area contributed by atoms with Crippen molar-refractivity contribution in [3.8, 4) is 0 Å². The molecule has 4 heteroatoms. The molecule has 100 valence electrons. The molecule has 0 radical (unpaired) electrons. The normalized spacial score (nSPS) is 20.0. The molecular weight excluding hydrogens is 267 g/mol. The standard InChI is InChI=1S/C14H20Cl2N2/c1-14(2)4-3-5-18(9-14)8-10-6-11(15)13(17)12(16)7-10/h6-7H,3-5,8-9,17H2,1-2H3. The van der Waals surface area contributed by atoms with Crippen LogP contribution in [0.25, 0.3) is 0 Å². The van der Waals surface area contributed by atoms with E-state index in [1.165, 1.54) is 12.8 Å². The molecule has 1 aliphatic heterocycles. The number of nitrogens with two attached hydrogens (primary N) is 1. The number of nitrogen functional groups attached to an aromatic ring is 1. The smallest absolute Gasteiger partial charge is 0.0693 e. The molecule has 1 fully saturated rings. The van der Waals surface area contributed by atoms with Gasteiger partial charge in [-0.05, 0) is 42.5 Å². The van der Waals surface area contributed by atoms with Crippen LogP contribution in [0.4, 0.5) is 5.69 Å². The van der Waals surface area contributed by atoms with Crippen LogP contribution in [0.1, 0.15) is 32.3 Å². The highest BCUT2D eigenvalue weighted by molar-refractivity contribution is 6.38. The van der Waals surface area contributed by atoms with E-state index in [1.54, 1.807) is 0 Å². The maximum Gasteiger partial charge on any atom is 0.0693 e. The lowest BCUT2D eigenvalue weighted by Crippen LogP contribution is -2.39. The van der Waals surface area contributed by atoms with Crippen LogP contribution in [-0.2, 0) is 6.54 Å². The van der Waals surface area contributed by atoms with Crippen molar-refractivity contribution in [2.24, 2.45) is 5.41 Å². The van der Waals surface area contributed by atoms with Crippen LogP contribution < -0.4 is 5.73 Å². The monoisotopic (exact) mass is 286 g/mol. The van der Waals surface area contributed by atoms with Gasteiger partial charge in [-0.15, -0.1) is 0 Å². The van der Waals surface area contributed by atoms with E-state index in [1.807, 2.05) is 12.1 Å². The predicted octanol–water partition coefficient (Wildman–Crippen LogP) is 4.20. The van der Waals surface area contributed by atoms with Crippen LogP contribution in [0.5, 0.6) is 0 Å². The minimum atomic E-state index is 0.402. The van der Waals surface area contributed by atoms with Gasteiger partial charge in [-0.1, -0.05) is 37.0 Å². The van der Waals surface area contributed by atoms with Crippen LogP contribution >= 0.6 is 23.2 Å². The predicted molar refractivity (Wildman–Crippen MR) is 79.2 cm³/mol. The van der Waals surface area contributed by atoms with Gasteiger partial charge in [0.1, 0.15) is 0 Å². The molecule has 0 aromatic heterocycles. The summed E-state index contributed by atoms with van der Waals surface area (Å²) in [7, 11) is 0. The van der Waals surface area contributed by atoms with E-state index >= 15 is 0 Å². The first-order valence-corrected chi connectivity index (χ1v) is 7.09. The number of halogens is 2. The summed E-state index contributed by atoms with van der Waals surface area (Å²) in [6, 6.07) is 3.84. The van der Waals surface area contributed by atoms with Crippen molar-refractivity contribution in [3.63, 3.8) is 0 Å². The lowest BCUT2D eigenvalue weighted by molar-refractivity contribution is 0.112. The fourth-order valence-corrected chi connectivity index (χ4v) is 3.20. The minimum Gasteiger partial charge on any atom is -0.396 e. The molecule has 0 amide bonds. The van der Waals surface area contributed by atoms with E-state index in [0.29, 0.717) is 21.1 Å². The molecular formula is C14H20Cl2N2. The molecule has 18 heavy (non-hydrogen) atoms. The van der Waals surface area contributed by atoms with Gasteiger partial charge in [-0.25, -0.2) is 0 Å². The van der Waals surface area contributed by atoms with E-state index in [4.69, 9.17) is 28.9 Å². The molecule has 1 aromatic carbocycles. The molecule has 1 heterocycles. The number of rotatable bonds is 2. The number of nitrogens with zero attached hydrogens (tertiary/aromatic N) is 1. The van der Waals surface area contributed by atoms with E-state index in [-0.39, 0.29) is 0 Å². The zero-order chi connectivity index (χ0) is 13.3. The fourth-order valence-electron chi connectivity index (χ4n) is 2.67. The van der Waals surface area contributed by atoms with E-state index in [9.17, 15) is 0 Å². The highest BCUT2D eigenvalue weighted by atomic mass is 35.5. The summed E-state index contributed by atoms with van der Waals surface area (Å²) in [5.41, 5.74) is 7.76. The summed E-state index contributed by atoms with van der Waals surface area (Å²) in [5.74, 6) is 0. The van der Waals surface area contributed by atoms with Crippen molar-refractivity contribution in [1.29, 1.82) is 0 Å². The summed E-state index contributed by atoms with van der Waals surface area (Å²) >= 11 is 12.1. The van der Waals surface area contributed by atoms with Crippen LogP contribution in [0.15, 0.2) is 12.1 Å². The van der Waals surface area contributed by atoms with Crippen LogP contribution in [-0.4, -0.2) is 18.0 Å². The highest BCUT2D eigenvalue weighted by Gasteiger charge is 2.26. The van der Waals surface area contributed by atoms with Gasteiger partial charge in [-0.2, -0.15) is 0 Å². The number of hydrogen-bond acceptors (Lipinski definition) is 2. The first-order chi connectivity index (χ1) is 8.37. The second kappa shape index (κ2) is 5.28. The van der Waals surface area contributed by atoms with Gasteiger partial charge in [-0.3, -0.25) is 4.90 Å². The van der Waals surface area contributed by atoms with Gasteiger partial charge in [0, 0.05) is 13.1 Å². The van der Waals surface area contributed by atoms with E-state index in [2.05, 4.69) is 18.7 Å². The molecule has 1 saturated heterocycles. The van der Waals surface area contributed by atoms with Gasteiger partial charge >= 0.3 is 0 Å². The Morgan fingerprint density at radius 2 is 1.89 bits per heavy atom. The quantitative estimate of drug-likeness (QED) is 0.826. The fraction of sp³-hybridized carbons (Fsp3) is 0.571. The molecule has 2 rings (SSSR count). The van der Waals surface area contributed by atoms with E-state index in [0.717, 1.165) is 25.2 Å². The zero-order valence-corrected chi connectivity index (χ0v) is 12.5. The molecule has 0 unspecified atom stereocenters. The second-order valence-electron chi connectivity index (χ2n) is 5.95. The molecule has 2 N–H and O–H groups in total. The van der Waals surface area contributed by atoms with Gasteiger partial charge in [0.2, 0.25) is 0 Å². The average Bonchev–Trinajstić information content (AvgIpc) is 2.24. The Hall–Kier alpha value is -0.440. The summed E-state index contributed by atoms with van der Waals surface area (Å²) < 4.78 is 0. The summed E-state index contributed by atoms with van der Waals surface area (Å²) in [6.45, 7) is 7.79. The SMILES string of the molecule is CC1(C)CCCN(Cc2cc(Cl)c(N)c(Cl)c2)C1. The van der Waals surface area contributed by atoms with Crippen LogP contribution in [0, 0.1) is 5.41 Å². The maximum absolute atomic E-state index is 6.06. The summed E-state index contributed by atoms with van der Waals surface area (Å²) in [5, 5.41) is 1.10. The molecule has 0 spiro atoms. The third-order valence-electron chi connectivity index (χ3n) is 3.52. The van der Waals surface area contributed by atoms with Crippen LogP contribution in [0.3, 0.4) is 0 Å². The lowest BCUT2D eigenvalue weighted by atomic mass is 9.84. The number of benzene rings is 1. The van der Waals surface area contributed by atoms with Crippen molar-refractivity contribution in [3.05, 3.63) is 27.7 Å². The molecule has 0 atom stereocenters. The Morgan fingerprint density at radius 3 is 2.44 bits per heavy atom. The number of piperidine rings is 1. The van der Waals surface area contributed by atoms with Crippen molar-refractivity contribution < 1.29 is 0 Å². The second-order valence-corrected chi connectivity index (χ2v) is 6.77. The lowest BCUT2D eigenvalue weighted by Gasteiger charge is -2.38. The Morgan fingerprint density at radius 1 is 1.28 bits per heavy atom. The summed E-state index contributed by atoms with van der Waals surface area (Å²) in [4.78, 5) is 2.46. The maximum atomic E-state index is 6.06. The Kier molecular flexibility index (Phi) is 4.10. The Bertz CT molecular complexity index is 420. The Balaban J connectivity index is 2.10. The van der Waals surface area contributed by atoms with Crippen molar-refractivity contribution >= 4 is 28.9 Å². The number of anilines is 1. The molecule has 2 nitrogen and oxygen atoms in total. The molecule has 0 bridgehead atoms. The van der Waals surface area contributed by atoms with Gasteiger partial charge in [0.25, 0.3) is 0 Å². The molecule has 1 aromatic rings. The van der Waals surface area contributed by atoms with Crippen LogP contribution in [0.2, 0.25) is 10.0 Å². The Labute approximate surface area is 119 Å². The highest BCUT2D eigenvalue weighted by Crippen LogP contribution is 2.32.